The molecule has 1 aromatic carbocycles. The van der Waals surface area contributed by atoms with Gasteiger partial charge in [-0.1, -0.05) is 12.1 Å². The number of anilines is 2. The van der Waals surface area contributed by atoms with E-state index in [0.717, 1.165) is 23.5 Å². The maximum Gasteiger partial charge on any atom is 0.142 e. The second-order valence-electron chi connectivity index (χ2n) is 4.89. The molecular formula is C14H16FN3S. The molecule has 1 fully saturated rings. The molecule has 3 N–H and O–H groups in total. The van der Waals surface area contributed by atoms with E-state index in [1.54, 1.807) is 0 Å². The Morgan fingerprint density at radius 1 is 1.32 bits per heavy atom. The van der Waals surface area contributed by atoms with E-state index in [2.05, 4.69) is 9.69 Å². The Labute approximate surface area is 115 Å². The van der Waals surface area contributed by atoms with E-state index in [1.165, 1.54) is 42.1 Å². The minimum absolute atomic E-state index is 0.192. The van der Waals surface area contributed by atoms with E-state index < -0.39 is 0 Å². The second kappa shape index (κ2) is 5.17. The Bertz CT molecular complexity index is 561. The Morgan fingerprint density at radius 2 is 2.05 bits per heavy atom. The minimum Gasteiger partial charge on any atom is -0.383 e. The number of rotatable bonds is 5. The standard InChI is InChI=1S/C14H16FN3S/c15-11-5-1-9(2-6-11)7-8-17-14-12(10-3-4-10)13(16)18-19-14/h1-2,5-6,10,17H,3-4,7-8H2,(H2,16,18). The van der Waals surface area contributed by atoms with Crippen molar-refractivity contribution in [2.45, 2.75) is 25.2 Å². The monoisotopic (exact) mass is 277 g/mol. The van der Waals surface area contributed by atoms with Crippen LogP contribution in [0.2, 0.25) is 0 Å². The molecular weight excluding hydrogens is 261 g/mol. The van der Waals surface area contributed by atoms with E-state index >= 15 is 0 Å². The van der Waals surface area contributed by atoms with Crippen molar-refractivity contribution < 1.29 is 4.39 Å². The van der Waals surface area contributed by atoms with Gasteiger partial charge in [-0.05, 0) is 54.4 Å². The lowest BCUT2D eigenvalue weighted by atomic mass is 10.1. The predicted octanol–water partition coefficient (Wildman–Crippen LogP) is 3.40. The van der Waals surface area contributed by atoms with Gasteiger partial charge in [0.15, 0.2) is 0 Å². The first kappa shape index (κ1) is 12.4. The molecule has 0 amide bonds. The first-order valence-corrected chi connectivity index (χ1v) is 7.25. The molecule has 2 aromatic rings. The molecule has 3 nitrogen and oxygen atoms in total. The van der Waals surface area contributed by atoms with Crippen LogP contribution < -0.4 is 11.1 Å². The largest absolute Gasteiger partial charge is 0.383 e. The Hall–Kier alpha value is -1.62. The van der Waals surface area contributed by atoms with E-state index in [0.29, 0.717) is 11.7 Å². The average molecular weight is 277 g/mol. The number of benzene rings is 1. The van der Waals surface area contributed by atoms with Crippen LogP contribution in [-0.4, -0.2) is 10.9 Å². The maximum atomic E-state index is 12.8. The molecule has 0 spiro atoms. The summed E-state index contributed by atoms with van der Waals surface area (Å²) in [6.07, 6.45) is 3.30. The number of hydrogen-bond acceptors (Lipinski definition) is 4. The van der Waals surface area contributed by atoms with Crippen LogP contribution in [0.5, 0.6) is 0 Å². The first-order chi connectivity index (χ1) is 9.24. The van der Waals surface area contributed by atoms with Gasteiger partial charge in [-0.2, -0.15) is 4.37 Å². The van der Waals surface area contributed by atoms with E-state index in [1.807, 2.05) is 12.1 Å². The number of nitrogens with two attached hydrogens (primary N) is 1. The highest BCUT2D eigenvalue weighted by Gasteiger charge is 2.30. The molecule has 0 atom stereocenters. The average Bonchev–Trinajstić information content (AvgIpc) is 3.17. The Morgan fingerprint density at radius 3 is 2.74 bits per heavy atom. The molecule has 1 aliphatic carbocycles. The number of halogens is 1. The lowest BCUT2D eigenvalue weighted by Gasteiger charge is -2.06. The Kier molecular flexibility index (Phi) is 3.38. The SMILES string of the molecule is Nc1nsc(NCCc2ccc(F)cc2)c1C1CC1. The van der Waals surface area contributed by atoms with Gasteiger partial charge in [-0.25, -0.2) is 4.39 Å². The van der Waals surface area contributed by atoms with E-state index in [9.17, 15) is 4.39 Å². The molecule has 1 aliphatic rings. The molecule has 3 rings (SSSR count). The molecule has 5 heteroatoms. The third-order valence-electron chi connectivity index (χ3n) is 3.35. The molecule has 0 bridgehead atoms. The number of nitrogens with zero attached hydrogens (tertiary/aromatic N) is 1. The molecule has 0 saturated heterocycles. The highest BCUT2D eigenvalue weighted by molar-refractivity contribution is 7.10. The van der Waals surface area contributed by atoms with Crippen LogP contribution in [-0.2, 0) is 6.42 Å². The van der Waals surface area contributed by atoms with Crippen molar-refractivity contribution in [3.05, 3.63) is 41.2 Å². The van der Waals surface area contributed by atoms with Crippen LogP contribution in [0.3, 0.4) is 0 Å². The lowest BCUT2D eigenvalue weighted by Crippen LogP contribution is -2.05. The number of nitrogens with one attached hydrogen (secondary N) is 1. The zero-order valence-corrected chi connectivity index (χ0v) is 11.3. The fourth-order valence-electron chi connectivity index (χ4n) is 2.17. The lowest BCUT2D eigenvalue weighted by molar-refractivity contribution is 0.627. The van der Waals surface area contributed by atoms with Gasteiger partial charge < -0.3 is 11.1 Å². The zero-order chi connectivity index (χ0) is 13.2. The summed E-state index contributed by atoms with van der Waals surface area (Å²) in [5.74, 6) is 1.09. The quantitative estimate of drug-likeness (QED) is 0.880. The van der Waals surface area contributed by atoms with Gasteiger partial charge in [-0.3, -0.25) is 0 Å². The van der Waals surface area contributed by atoms with Crippen molar-refractivity contribution in [3.63, 3.8) is 0 Å². The van der Waals surface area contributed by atoms with Crippen molar-refractivity contribution >= 4 is 22.4 Å². The minimum atomic E-state index is -0.192. The van der Waals surface area contributed by atoms with Crippen LogP contribution in [0.1, 0.15) is 29.9 Å². The summed E-state index contributed by atoms with van der Waals surface area (Å²) < 4.78 is 17.0. The highest BCUT2D eigenvalue weighted by atomic mass is 32.1. The Balaban J connectivity index is 1.59. The van der Waals surface area contributed by atoms with E-state index in [-0.39, 0.29) is 5.82 Å². The zero-order valence-electron chi connectivity index (χ0n) is 10.5. The smallest absolute Gasteiger partial charge is 0.142 e. The van der Waals surface area contributed by atoms with Crippen LogP contribution >= 0.6 is 11.5 Å². The normalized spacial score (nSPS) is 14.6. The third-order valence-corrected chi connectivity index (χ3v) is 4.19. The molecule has 0 aliphatic heterocycles. The van der Waals surface area contributed by atoms with Crippen molar-refractivity contribution in [1.29, 1.82) is 0 Å². The molecule has 100 valence electrons. The van der Waals surface area contributed by atoms with Crippen LogP contribution in [0, 0.1) is 5.82 Å². The summed E-state index contributed by atoms with van der Waals surface area (Å²) in [5.41, 5.74) is 8.22. The highest BCUT2D eigenvalue weighted by Crippen LogP contribution is 2.47. The van der Waals surface area contributed by atoms with Gasteiger partial charge >= 0.3 is 0 Å². The van der Waals surface area contributed by atoms with Crippen LogP contribution in [0.25, 0.3) is 0 Å². The molecule has 0 unspecified atom stereocenters. The molecule has 19 heavy (non-hydrogen) atoms. The van der Waals surface area contributed by atoms with Gasteiger partial charge in [0.2, 0.25) is 0 Å². The fraction of sp³-hybridized carbons (Fsp3) is 0.357. The van der Waals surface area contributed by atoms with E-state index in [4.69, 9.17) is 5.73 Å². The molecule has 0 radical (unpaired) electrons. The second-order valence-corrected chi connectivity index (χ2v) is 5.66. The maximum absolute atomic E-state index is 12.8. The summed E-state index contributed by atoms with van der Waals surface area (Å²) in [4.78, 5) is 0. The van der Waals surface area contributed by atoms with Crippen LogP contribution in [0.15, 0.2) is 24.3 Å². The van der Waals surface area contributed by atoms with Gasteiger partial charge in [-0.15, -0.1) is 0 Å². The van der Waals surface area contributed by atoms with Gasteiger partial charge in [0.05, 0.1) is 0 Å². The van der Waals surface area contributed by atoms with Crippen molar-refractivity contribution in [2.24, 2.45) is 0 Å². The third kappa shape index (κ3) is 2.87. The van der Waals surface area contributed by atoms with Gasteiger partial charge in [0, 0.05) is 12.1 Å². The summed E-state index contributed by atoms with van der Waals surface area (Å²) in [7, 11) is 0. The van der Waals surface area contributed by atoms with Crippen molar-refractivity contribution in [3.8, 4) is 0 Å². The van der Waals surface area contributed by atoms with Gasteiger partial charge in [0.1, 0.15) is 16.6 Å². The molecule has 1 heterocycles. The topological polar surface area (TPSA) is 50.9 Å². The van der Waals surface area contributed by atoms with Crippen molar-refractivity contribution in [1.82, 2.24) is 4.37 Å². The summed E-state index contributed by atoms with van der Waals surface area (Å²) in [6, 6.07) is 6.63. The summed E-state index contributed by atoms with van der Waals surface area (Å²) in [5, 5.41) is 4.50. The predicted molar refractivity (Wildman–Crippen MR) is 77.1 cm³/mol. The van der Waals surface area contributed by atoms with Crippen molar-refractivity contribution in [2.75, 3.05) is 17.6 Å². The number of aromatic nitrogens is 1. The first-order valence-electron chi connectivity index (χ1n) is 6.47. The van der Waals surface area contributed by atoms with Crippen LogP contribution in [0.4, 0.5) is 15.2 Å². The molecule has 1 saturated carbocycles. The fourth-order valence-corrected chi connectivity index (χ4v) is 3.00. The number of hydrogen-bond donors (Lipinski definition) is 2. The summed E-state index contributed by atoms with van der Waals surface area (Å²) >= 11 is 1.44. The summed E-state index contributed by atoms with van der Waals surface area (Å²) in [6.45, 7) is 0.812. The molecule has 1 aromatic heterocycles. The number of nitrogen functional groups attached to an aromatic ring is 1. The van der Waals surface area contributed by atoms with Gasteiger partial charge in [0.25, 0.3) is 0 Å².